The van der Waals surface area contributed by atoms with Gasteiger partial charge in [0.1, 0.15) is 0 Å². The fourth-order valence-corrected chi connectivity index (χ4v) is 1.49. The topological polar surface area (TPSA) is 37.3 Å². The van der Waals surface area contributed by atoms with E-state index in [0.717, 1.165) is 5.56 Å². The summed E-state index contributed by atoms with van der Waals surface area (Å²) in [5.41, 5.74) is 1.22. The maximum atomic E-state index is 10.5. The van der Waals surface area contributed by atoms with E-state index in [9.17, 15) is 4.79 Å². The monoisotopic (exact) mass is 224 g/mol. The van der Waals surface area contributed by atoms with Crippen molar-refractivity contribution in [2.24, 2.45) is 0 Å². The summed E-state index contributed by atoms with van der Waals surface area (Å²) in [6.45, 7) is 3.46. The Hall–Kier alpha value is -1.28. The lowest BCUT2D eigenvalue weighted by Gasteiger charge is -2.09. The van der Waals surface area contributed by atoms with Gasteiger partial charge < -0.3 is 5.11 Å². The zero-order valence-electron chi connectivity index (χ0n) is 8.32. The highest BCUT2D eigenvalue weighted by atomic mass is 35.5. The second-order valence-electron chi connectivity index (χ2n) is 3.33. The average molecular weight is 225 g/mol. The lowest BCUT2D eigenvalue weighted by Crippen LogP contribution is -2.00. The lowest BCUT2D eigenvalue weighted by molar-refractivity contribution is -0.132. The number of aliphatic carboxylic acids is 1. The van der Waals surface area contributed by atoms with Gasteiger partial charge in [-0.3, -0.25) is 0 Å². The number of benzene rings is 1. The molecule has 1 unspecified atom stereocenters. The van der Waals surface area contributed by atoms with E-state index >= 15 is 0 Å². The Morgan fingerprint density at radius 2 is 2.00 bits per heavy atom. The van der Waals surface area contributed by atoms with Gasteiger partial charge in [-0.2, -0.15) is 0 Å². The third kappa shape index (κ3) is 3.76. The first-order chi connectivity index (χ1) is 7.11. The third-order valence-electron chi connectivity index (χ3n) is 2.16. The molecule has 15 heavy (non-hydrogen) atoms. The van der Waals surface area contributed by atoms with Gasteiger partial charge in [0.25, 0.3) is 0 Å². The molecule has 1 aromatic rings. The predicted octanol–water partition coefficient (Wildman–Crippen LogP) is 3.39. The Balaban J connectivity index is 2.47. The molecular formula is C12H13ClO2. The maximum absolute atomic E-state index is 10.5. The van der Waals surface area contributed by atoms with Crippen molar-refractivity contribution < 1.29 is 9.90 Å². The molecule has 0 aliphatic rings. The van der Waals surface area contributed by atoms with Gasteiger partial charge in [-0.15, -0.1) is 11.6 Å². The number of rotatable bonds is 5. The molecule has 0 saturated carbocycles. The molecule has 0 aliphatic carbocycles. The van der Waals surface area contributed by atoms with Gasteiger partial charge in [0.05, 0.1) is 5.38 Å². The first kappa shape index (κ1) is 11.8. The minimum absolute atomic E-state index is 0.151. The van der Waals surface area contributed by atoms with Crippen LogP contribution in [0.25, 0.3) is 0 Å². The van der Waals surface area contributed by atoms with Crippen LogP contribution >= 0.6 is 11.6 Å². The van der Waals surface area contributed by atoms with Crippen molar-refractivity contribution in [3.63, 3.8) is 0 Å². The molecule has 2 nitrogen and oxygen atoms in total. The average Bonchev–Trinajstić information content (AvgIpc) is 2.26. The summed E-state index contributed by atoms with van der Waals surface area (Å²) in [5.74, 6) is -0.952. The molecule has 0 fully saturated rings. The van der Waals surface area contributed by atoms with Gasteiger partial charge in [-0.1, -0.05) is 36.9 Å². The van der Waals surface area contributed by atoms with E-state index in [1.54, 1.807) is 0 Å². The Morgan fingerprint density at radius 3 is 2.53 bits per heavy atom. The molecule has 0 bridgehead atoms. The van der Waals surface area contributed by atoms with Crippen LogP contribution in [0.5, 0.6) is 0 Å². The van der Waals surface area contributed by atoms with E-state index < -0.39 is 5.97 Å². The summed E-state index contributed by atoms with van der Waals surface area (Å²) in [5, 5.41) is 8.47. The summed E-state index contributed by atoms with van der Waals surface area (Å²) in [6.07, 6.45) is 1.01. The van der Waals surface area contributed by atoms with Crippen molar-refractivity contribution in [2.75, 3.05) is 0 Å². The fourth-order valence-electron chi connectivity index (χ4n) is 1.24. The van der Waals surface area contributed by atoms with Crippen LogP contribution < -0.4 is 0 Å². The van der Waals surface area contributed by atoms with Crippen LogP contribution in [0.15, 0.2) is 42.5 Å². The molecule has 0 aromatic heterocycles. The molecule has 0 radical (unpaired) electrons. The van der Waals surface area contributed by atoms with Crippen molar-refractivity contribution in [2.45, 2.75) is 18.2 Å². The summed E-state index contributed by atoms with van der Waals surface area (Å²) in [4.78, 5) is 10.5. The number of alkyl halides is 1. The molecule has 0 aliphatic heterocycles. The third-order valence-corrected chi connectivity index (χ3v) is 2.63. The van der Waals surface area contributed by atoms with E-state index in [1.165, 1.54) is 0 Å². The number of carboxylic acid groups (broad SMARTS) is 1. The van der Waals surface area contributed by atoms with Crippen LogP contribution in [-0.2, 0) is 4.79 Å². The Morgan fingerprint density at radius 1 is 1.40 bits per heavy atom. The number of hydrogen-bond acceptors (Lipinski definition) is 1. The van der Waals surface area contributed by atoms with Crippen LogP contribution in [0.4, 0.5) is 0 Å². The number of carboxylic acids is 1. The van der Waals surface area contributed by atoms with E-state index in [2.05, 4.69) is 6.58 Å². The highest BCUT2D eigenvalue weighted by Gasteiger charge is 2.10. The lowest BCUT2D eigenvalue weighted by atomic mass is 10.0. The van der Waals surface area contributed by atoms with Crippen LogP contribution in [0.3, 0.4) is 0 Å². The van der Waals surface area contributed by atoms with E-state index in [0.29, 0.717) is 12.8 Å². The summed E-state index contributed by atoms with van der Waals surface area (Å²) >= 11 is 6.12. The van der Waals surface area contributed by atoms with E-state index in [1.807, 2.05) is 30.3 Å². The zero-order chi connectivity index (χ0) is 11.3. The fraction of sp³-hybridized carbons (Fsp3) is 0.250. The normalized spacial score (nSPS) is 12.1. The minimum atomic E-state index is -0.952. The van der Waals surface area contributed by atoms with E-state index in [-0.39, 0.29) is 11.0 Å². The van der Waals surface area contributed by atoms with Gasteiger partial charge in [0, 0.05) is 5.57 Å². The van der Waals surface area contributed by atoms with Gasteiger partial charge in [0.2, 0.25) is 0 Å². The molecule has 1 aromatic carbocycles. The Bertz CT molecular complexity index is 346. The number of hydrogen-bond donors (Lipinski definition) is 1. The Kier molecular flexibility index (Phi) is 4.37. The first-order valence-electron chi connectivity index (χ1n) is 4.71. The van der Waals surface area contributed by atoms with Gasteiger partial charge in [-0.05, 0) is 18.4 Å². The number of halogens is 1. The van der Waals surface area contributed by atoms with Gasteiger partial charge in [-0.25, -0.2) is 4.79 Å². The quantitative estimate of drug-likeness (QED) is 0.615. The second-order valence-corrected chi connectivity index (χ2v) is 3.85. The van der Waals surface area contributed by atoms with Crippen molar-refractivity contribution in [1.29, 1.82) is 0 Å². The zero-order valence-corrected chi connectivity index (χ0v) is 9.07. The van der Waals surface area contributed by atoms with Crippen LogP contribution in [0, 0.1) is 0 Å². The molecule has 80 valence electrons. The maximum Gasteiger partial charge on any atom is 0.330 e. The van der Waals surface area contributed by atoms with Gasteiger partial charge >= 0.3 is 5.97 Å². The summed E-state index contributed by atoms with van der Waals surface area (Å²) in [6, 6.07) is 9.61. The molecule has 1 rings (SSSR count). The molecule has 3 heteroatoms. The molecular weight excluding hydrogens is 212 g/mol. The van der Waals surface area contributed by atoms with Crippen LogP contribution in [0.1, 0.15) is 23.8 Å². The molecule has 1 N–H and O–H groups in total. The molecule has 0 heterocycles. The SMILES string of the molecule is C=C(CCC(Cl)c1ccccc1)C(=O)O. The van der Waals surface area contributed by atoms with Crippen molar-refractivity contribution in [1.82, 2.24) is 0 Å². The molecule has 0 spiro atoms. The predicted molar refractivity (Wildman–Crippen MR) is 61.0 cm³/mol. The molecule has 0 amide bonds. The largest absolute Gasteiger partial charge is 0.478 e. The summed E-state index contributed by atoms with van der Waals surface area (Å²) < 4.78 is 0. The molecule has 1 atom stereocenters. The highest BCUT2D eigenvalue weighted by Crippen LogP contribution is 2.26. The first-order valence-corrected chi connectivity index (χ1v) is 5.15. The van der Waals surface area contributed by atoms with Crippen LogP contribution in [-0.4, -0.2) is 11.1 Å². The van der Waals surface area contributed by atoms with E-state index in [4.69, 9.17) is 16.7 Å². The highest BCUT2D eigenvalue weighted by molar-refractivity contribution is 6.20. The summed E-state index contributed by atoms with van der Waals surface area (Å²) in [7, 11) is 0. The molecule has 0 saturated heterocycles. The minimum Gasteiger partial charge on any atom is -0.478 e. The smallest absolute Gasteiger partial charge is 0.330 e. The standard InChI is InChI=1S/C12H13ClO2/c1-9(12(14)15)7-8-11(13)10-5-3-2-4-6-10/h2-6,11H,1,7-8H2,(H,14,15). The number of carbonyl (C=O) groups is 1. The van der Waals surface area contributed by atoms with Crippen molar-refractivity contribution in [3.8, 4) is 0 Å². The van der Waals surface area contributed by atoms with Crippen LogP contribution in [0.2, 0.25) is 0 Å². The van der Waals surface area contributed by atoms with Crippen molar-refractivity contribution >= 4 is 17.6 Å². The second kappa shape index (κ2) is 5.56. The Labute approximate surface area is 94.2 Å². The van der Waals surface area contributed by atoms with Crippen molar-refractivity contribution in [3.05, 3.63) is 48.0 Å². The van der Waals surface area contributed by atoms with Gasteiger partial charge in [0.15, 0.2) is 0 Å².